The molecule has 0 bridgehead atoms. The predicted molar refractivity (Wildman–Crippen MR) is 131 cm³/mol. The van der Waals surface area contributed by atoms with E-state index in [2.05, 4.69) is 42.8 Å². The average molecular weight is 464 g/mol. The largest absolute Gasteiger partial charge is 0.488 e. The number of aromatic nitrogens is 4. The summed E-state index contributed by atoms with van der Waals surface area (Å²) in [6, 6.07) is 5.69. The van der Waals surface area contributed by atoms with Crippen LogP contribution in [0.5, 0.6) is 5.75 Å². The van der Waals surface area contributed by atoms with Crippen molar-refractivity contribution in [3.05, 3.63) is 59.9 Å². The van der Waals surface area contributed by atoms with E-state index in [1.54, 1.807) is 18.5 Å². The number of nitrogens with zero attached hydrogens (tertiary/aromatic N) is 4. The lowest BCUT2D eigenvalue weighted by atomic mass is 10.0. The summed E-state index contributed by atoms with van der Waals surface area (Å²) in [4.78, 5) is 16.8. The van der Waals surface area contributed by atoms with Crippen molar-refractivity contribution >= 4 is 17.3 Å². The van der Waals surface area contributed by atoms with Gasteiger partial charge in [-0.15, -0.1) is 0 Å². The minimum absolute atomic E-state index is 0.0864. The highest BCUT2D eigenvalue weighted by molar-refractivity contribution is 5.91. The quantitative estimate of drug-likeness (QED) is 0.514. The van der Waals surface area contributed by atoms with Crippen LogP contribution in [0, 0.1) is 6.92 Å². The molecule has 8 heteroatoms. The summed E-state index contributed by atoms with van der Waals surface area (Å²) in [7, 11) is 0. The number of ether oxygens (including phenoxy) is 1. The Kier molecular flexibility index (Phi) is 6.59. The van der Waals surface area contributed by atoms with Crippen LogP contribution in [0.2, 0.25) is 0 Å². The number of hydrogen-bond donors (Lipinski definition) is 1. The monoisotopic (exact) mass is 463 g/mol. The minimum Gasteiger partial charge on any atom is -0.488 e. The molecule has 8 nitrogen and oxygen atoms in total. The van der Waals surface area contributed by atoms with E-state index in [1.165, 1.54) is 0 Å². The zero-order valence-electron chi connectivity index (χ0n) is 20.6. The Balaban J connectivity index is 1.48. The second-order valence-corrected chi connectivity index (χ2v) is 10.1. The molecule has 1 N–H and O–H groups in total. The van der Waals surface area contributed by atoms with Gasteiger partial charge in [0, 0.05) is 35.5 Å². The fourth-order valence-electron chi connectivity index (χ4n) is 4.45. The van der Waals surface area contributed by atoms with Gasteiger partial charge < -0.3 is 14.6 Å². The fraction of sp³-hybridized carbons (Fsp3) is 0.462. The molecule has 1 amide bonds. The number of carbonyl (C=O) groups is 1. The number of allylic oxidation sites excluding steroid dienone is 1. The van der Waals surface area contributed by atoms with E-state index < -0.39 is 0 Å². The van der Waals surface area contributed by atoms with E-state index in [4.69, 9.17) is 14.4 Å². The van der Waals surface area contributed by atoms with Crippen LogP contribution >= 0.6 is 0 Å². The summed E-state index contributed by atoms with van der Waals surface area (Å²) in [5.41, 5.74) is 3.58. The molecule has 180 valence electrons. The molecule has 2 atom stereocenters. The SMILES string of the molecule is C=C(C)c1ccncc1OC1CCC(c2cc(NC(=O)Cc3cc(C)no3)nn2C(C)(C)C)C1. The lowest BCUT2D eigenvalue weighted by Gasteiger charge is -2.25. The van der Waals surface area contributed by atoms with Crippen molar-refractivity contribution in [3.8, 4) is 5.75 Å². The van der Waals surface area contributed by atoms with Crippen LogP contribution in [0.1, 0.15) is 75.6 Å². The van der Waals surface area contributed by atoms with E-state index in [0.29, 0.717) is 11.6 Å². The van der Waals surface area contributed by atoms with Gasteiger partial charge in [0.15, 0.2) is 5.82 Å². The lowest BCUT2D eigenvalue weighted by molar-refractivity contribution is -0.115. The smallest absolute Gasteiger partial charge is 0.233 e. The van der Waals surface area contributed by atoms with Crippen LogP contribution < -0.4 is 10.1 Å². The van der Waals surface area contributed by atoms with E-state index in [0.717, 1.165) is 47.5 Å². The molecule has 1 fully saturated rings. The highest BCUT2D eigenvalue weighted by atomic mass is 16.5. The molecule has 0 radical (unpaired) electrons. The van der Waals surface area contributed by atoms with Crippen molar-refractivity contribution in [2.24, 2.45) is 0 Å². The molecule has 1 aliphatic carbocycles. The molecule has 3 aromatic rings. The minimum atomic E-state index is -0.226. The predicted octanol–water partition coefficient (Wildman–Crippen LogP) is 5.26. The molecule has 3 aromatic heterocycles. The number of rotatable bonds is 7. The molecule has 1 saturated carbocycles. The lowest BCUT2D eigenvalue weighted by Crippen LogP contribution is -2.26. The second-order valence-electron chi connectivity index (χ2n) is 10.1. The van der Waals surface area contributed by atoms with Gasteiger partial charge in [-0.25, -0.2) is 0 Å². The van der Waals surface area contributed by atoms with Gasteiger partial charge in [0.25, 0.3) is 0 Å². The van der Waals surface area contributed by atoms with Crippen molar-refractivity contribution in [3.63, 3.8) is 0 Å². The first-order valence-corrected chi connectivity index (χ1v) is 11.7. The van der Waals surface area contributed by atoms with Crippen LogP contribution in [0.25, 0.3) is 5.57 Å². The molecular weight excluding hydrogens is 430 g/mol. The molecule has 34 heavy (non-hydrogen) atoms. The van der Waals surface area contributed by atoms with Gasteiger partial charge in [-0.3, -0.25) is 14.5 Å². The molecule has 1 aliphatic rings. The van der Waals surface area contributed by atoms with Gasteiger partial charge in [0.2, 0.25) is 5.91 Å². The van der Waals surface area contributed by atoms with Crippen molar-refractivity contribution in [2.75, 3.05) is 5.32 Å². The zero-order chi connectivity index (χ0) is 24.5. The first-order chi connectivity index (χ1) is 16.1. The van der Waals surface area contributed by atoms with Crippen LogP contribution in [-0.4, -0.2) is 31.9 Å². The number of hydrogen-bond acceptors (Lipinski definition) is 6. The third-order valence-corrected chi connectivity index (χ3v) is 5.99. The van der Waals surface area contributed by atoms with Crippen molar-refractivity contribution in [2.45, 2.75) is 77.9 Å². The fourth-order valence-corrected chi connectivity index (χ4v) is 4.45. The van der Waals surface area contributed by atoms with Gasteiger partial charge in [-0.05, 0) is 65.5 Å². The number of aryl methyl sites for hydroxylation is 1. The Hall–Kier alpha value is -3.42. The first-order valence-electron chi connectivity index (χ1n) is 11.7. The van der Waals surface area contributed by atoms with Crippen LogP contribution in [0.3, 0.4) is 0 Å². The van der Waals surface area contributed by atoms with Crippen LogP contribution in [0.15, 0.2) is 41.7 Å². The maximum atomic E-state index is 12.5. The number of anilines is 1. The van der Waals surface area contributed by atoms with Gasteiger partial charge in [0.05, 0.1) is 30.0 Å². The van der Waals surface area contributed by atoms with Gasteiger partial charge in [0.1, 0.15) is 11.5 Å². The van der Waals surface area contributed by atoms with Gasteiger partial charge in [-0.2, -0.15) is 5.10 Å². The van der Waals surface area contributed by atoms with Crippen molar-refractivity contribution in [1.29, 1.82) is 0 Å². The van der Waals surface area contributed by atoms with Gasteiger partial charge >= 0.3 is 0 Å². The van der Waals surface area contributed by atoms with E-state index in [1.807, 2.05) is 30.7 Å². The number of carbonyl (C=O) groups excluding carboxylic acids is 1. The molecule has 0 spiro atoms. The summed E-state index contributed by atoms with van der Waals surface area (Å²) in [5, 5.41) is 11.5. The van der Waals surface area contributed by atoms with Crippen molar-refractivity contribution < 1.29 is 14.1 Å². The Morgan fingerprint density at radius 3 is 2.79 bits per heavy atom. The summed E-state index contributed by atoms with van der Waals surface area (Å²) in [6.07, 6.45) is 6.53. The highest BCUT2D eigenvalue weighted by Crippen LogP contribution is 2.39. The molecule has 0 aliphatic heterocycles. The van der Waals surface area contributed by atoms with E-state index in [9.17, 15) is 4.79 Å². The van der Waals surface area contributed by atoms with Crippen LogP contribution in [0.4, 0.5) is 5.82 Å². The van der Waals surface area contributed by atoms with Crippen molar-refractivity contribution in [1.82, 2.24) is 19.9 Å². The third kappa shape index (κ3) is 5.38. The molecule has 0 saturated heterocycles. The molecule has 0 aromatic carbocycles. The second kappa shape index (κ2) is 9.44. The summed E-state index contributed by atoms with van der Waals surface area (Å²) in [5.74, 6) is 1.96. The van der Waals surface area contributed by atoms with E-state index in [-0.39, 0.29) is 29.9 Å². The summed E-state index contributed by atoms with van der Waals surface area (Å²) in [6.45, 7) is 14.2. The highest BCUT2D eigenvalue weighted by Gasteiger charge is 2.33. The Labute approximate surface area is 200 Å². The topological polar surface area (TPSA) is 95.1 Å². The molecule has 3 heterocycles. The zero-order valence-corrected chi connectivity index (χ0v) is 20.6. The molecular formula is C26H33N5O3. The van der Waals surface area contributed by atoms with Gasteiger partial charge in [-0.1, -0.05) is 11.7 Å². The van der Waals surface area contributed by atoms with Crippen LogP contribution in [-0.2, 0) is 16.8 Å². The Morgan fingerprint density at radius 2 is 2.12 bits per heavy atom. The van der Waals surface area contributed by atoms with E-state index >= 15 is 0 Å². The summed E-state index contributed by atoms with van der Waals surface area (Å²) >= 11 is 0. The third-order valence-electron chi connectivity index (χ3n) is 5.99. The Bertz CT molecular complexity index is 1190. The maximum Gasteiger partial charge on any atom is 0.233 e. The average Bonchev–Trinajstić information content (AvgIpc) is 3.48. The number of pyridine rings is 1. The first kappa shape index (κ1) is 23.7. The Morgan fingerprint density at radius 1 is 1.32 bits per heavy atom. The molecule has 2 unspecified atom stereocenters. The summed E-state index contributed by atoms with van der Waals surface area (Å²) < 4.78 is 13.5. The molecule has 4 rings (SSSR count). The maximum absolute atomic E-state index is 12.5. The number of amides is 1. The standard InChI is InChI=1S/C26H33N5O3/c1-16(2)21-9-10-27-15-23(21)33-19-8-7-18(12-19)22-14-24(29-31(22)26(4,5)6)28-25(32)13-20-11-17(3)30-34-20/h9-11,14-15,18-19H,1,7-8,12-13H2,2-6H3,(H,28,29,32). The number of nitrogens with one attached hydrogen (secondary N) is 1. The normalized spacial score (nSPS) is 18.1.